The van der Waals surface area contributed by atoms with E-state index in [1.807, 2.05) is 4.90 Å². The summed E-state index contributed by atoms with van der Waals surface area (Å²) in [6, 6.07) is 10.9. The predicted octanol–water partition coefficient (Wildman–Crippen LogP) is 4.92. The Morgan fingerprint density at radius 1 is 1.14 bits per heavy atom. The van der Waals surface area contributed by atoms with E-state index in [2.05, 4.69) is 4.74 Å². The molecule has 1 aliphatic heterocycles. The number of carbonyl (C=O) groups is 2. The van der Waals surface area contributed by atoms with Gasteiger partial charge >= 0.3 is 5.97 Å². The van der Waals surface area contributed by atoms with Crippen LogP contribution in [0.25, 0.3) is 0 Å². The van der Waals surface area contributed by atoms with Gasteiger partial charge in [-0.05, 0) is 48.9 Å². The summed E-state index contributed by atoms with van der Waals surface area (Å²) in [6.45, 7) is 1.93. The second-order valence-corrected chi connectivity index (χ2v) is 6.99. The Morgan fingerprint density at radius 3 is 2.62 bits per heavy atom. The van der Waals surface area contributed by atoms with Crippen LogP contribution >= 0.6 is 11.6 Å². The minimum absolute atomic E-state index is 0.0169. The van der Waals surface area contributed by atoms with Gasteiger partial charge in [-0.25, -0.2) is 9.18 Å². The Kier molecular flexibility index (Phi) is 4.76. The Labute approximate surface area is 171 Å². The molecule has 0 unspecified atom stereocenters. The lowest BCUT2D eigenvalue weighted by molar-refractivity contribution is 0.0565. The van der Waals surface area contributed by atoms with Crippen molar-refractivity contribution in [3.63, 3.8) is 0 Å². The number of furan rings is 1. The number of halogens is 2. The summed E-state index contributed by atoms with van der Waals surface area (Å²) in [5.74, 6) is -1.30. The van der Waals surface area contributed by atoms with Crippen LogP contribution in [-0.4, -0.2) is 25.7 Å². The molecule has 0 bridgehead atoms. The van der Waals surface area contributed by atoms with Gasteiger partial charge in [-0.1, -0.05) is 11.6 Å². The number of nitrogens with zero attached hydrogens (tertiary/aromatic N) is 2. The Bertz CT molecular complexity index is 1130. The van der Waals surface area contributed by atoms with Gasteiger partial charge in [0.1, 0.15) is 18.7 Å². The summed E-state index contributed by atoms with van der Waals surface area (Å²) in [5, 5.41) is 0.414. The molecule has 6 nitrogen and oxygen atoms in total. The van der Waals surface area contributed by atoms with Gasteiger partial charge in [0.15, 0.2) is 0 Å². The number of fused-ring (bicyclic) bond motifs is 1. The number of esters is 1. The van der Waals surface area contributed by atoms with Crippen LogP contribution in [0.4, 0.5) is 21.5 Å². The Hall–Kier alpha value is -3.32. The third kappa shape index (κ3) is 3.34. The molecule has 0 radical (unpaired) electrons. The zero-order valence-corrected chi connectivity index (χ0v) is 16.4. The van der Waals surface area contributed by atoms with E-state index in [0.717, 1.165) is 5.69 Å². The summed E-state index contributed by atoms with van der Waals surface area (Å²) >= 11 is 6.13. The molecule has 3 aromatic rings. The number of amides is 1. The van der Waals surface area contributed by atoms with Crippen LogP contribution in [0.2, 0.25) is 5.02 Å². The summed E-state index contributed by atoms with van der Waals surface area (Å²) in [6.07, 6.45) is 1.31. The molecule has 2 aromatic carbocycles. The third-order valence-electron chi connectivity index (χ3n) is 4.74. The van der Waals surface area contributed by atoms with Crippen LogP contribution in [0.1, 0.15) is 26.5 Å². The number of benzene rings is 2. The molecule has 0 fully saturated rings. The molecule has 0 aliphatic carbocycles. The first kappa shape index (κ1) is 19.0. The number of carbonyl (C=O) groups excluding carboxylic acids is 2. The molecule has 0 N–H and O–H groups in total. The van der Waals surface area contributed by atoms with Crippen molar-refractivity contribution in [2.75, 3.05) is 23.6 Å². The minimum atomic E-state index is -0.643. The van der Waals surface area contributed by atoms with Crippen molar-refractivity contribution in [1.82, 2.24) is 0 Å². The highest BCUT2D eigenvalue weighted by Gasteiger charge is 2.33. The van der Waals surface area contributed by atoms with Crippen LogP contribution < -0.4 is 9.80 Å². The smallest absolute Gasteiger partial charge is 0.374 e. The van der Waals surface area contributed by atoms with E-state index in [0.29, 0.717) is 27.5 Å². The van der Waals surface area contributed by atoms with Crippen molar-refractivity contribution in [1.29, 1.82) is 0 Å². The quantitative estimate of drug-likeness (QED) is 0.569. The van der Waals surface area contributed by atoms with Crippen molar-refractivity contribution < 1.29 is 23.1 Å². The van der Waals surface area contributed by atoms with Crippen molar-refractivity contribution in [3.05, 3.63) is 76.5 Å². The van der Waals surface area contributed by atoms with Crippen LogP contribution in [0.3, 0.4) is 0 Å². The van der Waals surface area contributed by atoms with E-state index in [4.69, 9.17) is 16.0 Å². The average molecular weight is 415 g/mol. The molecule has 0 atom stereocenters. The number of hydrogen-bond donors (Lipinski definition) is 0. The monoisotopic (exact) mass is 414 g/mol. The Balaban J connectivity index is 1.82. The van der Waals surface area contributed by atoms with Gasteiger partial charge in [0, 0.05) is 16.8 Å². The molecule has 1 amide bonds. The highest BCUT2D eigenvalue weighted by Crippen LogP contribution is 2.38. The lowest BCUT2D eigenvalue weighted by atomic mass is 10.1. The van der Waals surface area contributed by atoms with Crippen LogP contribution in [0.15, 0.2) is 53.1 Å². The maximum atomic E-state index is 13.6. The van der Waals surface area contributed by atoms with Crippen molar-refractivity contribution >= 4 is 40.5 Å². The van der Waals surface area contributed by atoms with Gasteiger partial charge < -0.3 is 14.1 Å². The highest BCUT2D eigenvalue weighted by molar-refractivity contribution is 6.31. The second kappa shape index (κ2) is 7.25. The van der Waals surface area contributed by atoms with Crippen molar-refractivity contribution in [2.24, 2.45) is 0 Å². The van der Waals surface area contributed by atoms with Crippen LogP contribution in [-0.2, 0) is 4.74 Å². The normalized spacial score (nSPS) is 13.4. The van der Waals surface area contributed by atoms with E-state index in [1.165, 1.54) is 36.5 Å². The molecular formula is C21H16ClFN2O4. The molecule has 148 valence electrons. The number of anilines is 3. The van der Waals surface area contributed by atoms with Gasteiger partial charge in [-0.15, -0.1) is 0 Å². The SMILES string of the molecule is COC(=O)c1cc(N2CN(c3ccc(F)cc3C)c3ccc(Cl)cc3C2=O)co1. The zero-order chi connectivity index (χ0) is 20.7. The largest absolute Gasteiger partial charge is 0.463 e. The van der Waals surface area contributed by atoms with Gasteiger partial charge in [0.05, 0.1) is 24.0 Å². The fraction of sp³-hybridized carbons (Fsp3) is 0.143. The molecule has 29 heavy (non-hydrogen) atoms. The molecule has 1 aliphatic rings. The van der Waals surface area contributed by atoms with E-state index in [9.17, 15) is 14.0 Å². The molecule has 1 aromatic heterocycles. The number of hydrogen-bond acceptors (Lipinski definition) is 5. The molecule has 8 heteroatoms. The van der Waals surface area contributed by atoms with Gasteiger partial charge in [-0.3, -0.25) is 9.69 Å². The first-order valence-electron chi connectivity index (χ1n) is 8.71. The van der Waals surface area contributed by atoms with E-state index >= 15 is 0 Å². The van der Waals surface area contributed by atoms with Crippen molar-refractivity contribution in [2.45, 2.75) is 6.92 Å². The second-order valence-electron chi connectivity index (χ2n) is 6.56. The molecule has 0 saturated heterocycles. The summed E-state index contributed by atoms with van der Waals surface area (Å²) < 4.78 is 23.5. The average Bonchev–Trinajstić information content (AvgIpc) is 3.18. The fourth-order valence-corrected chi connectivity index (χ4v) is 3.52. The molecule has 0 spiro atoms. The summed E-state index contributed by atoms with van der Waals surface area (Å²) in [7, 11) is 1.24. The Morgan fingerprint density at radius 2 is 1.90 bits per heavy atom. The third-order valence-corrected chi connectivity index (χ3v) is 4.98. The maximum Gasteiger partial charge on any atom is 0.374 e. The van der Waals surface area contributed by atoms with E-state index in [1.54, 1.807) is 31.2 Å². The van der Waals surface area contributed by atoms with Crippen molar-refractivity contribution in [3.8, 4) is 0 Å². The van der Waals surface area contributed by atoms with Crippen LogP contribution in [0, 0.1) is 12.7 Å². The number of methoxy groups -OCH3 is 1. The number of rotatable bonds is 3. The lowest BCUT2D eigenvalue weighted by Crippen LogP contribution is -2.45. The van der Waals surface area contributed by atoms with E-state index in [-0.39, 0.29) is 24.2 Å². The number of ether oxygens (including phenoxy) is 1. The predicted molar refractivity (Wildman–Crippen MR) is 106 cm³/mol. The van der Waals surface area contributed by atoms with Crippen LogP contribution in [0.5, 0.6) is 0 Å². The topological polar surface area (TPSA) is 63.0 Å². The summed E-state index contributed by atoms with van der Waals surface area (Å²) in [4.78, 5) is 28.2. The fourth-order valence-electron chi connectivity index (χ4n) is 3.34. The molecule has 4 rings (SSSR count). The maximum absolute atomic E-state index is 13.6. The summed E-state index contributed by atoms with van der Waals surface area (Å²) in [5.41, 5.74) is 2.88. The van der Waals surface area contributed by atoms with Gasteiger partial charge in [0.25, 0.3) is 5.91 Å². The first-order valence-corrected chi connectivity index (χ1v) is 9.09. The van der Waals surface area contributed by atoms with E-state index < -0.39 is 5.97 Å². The first-order chi connectivity index (χ1) is 13.9. The number of aryl methyl sites for hydroxylation is 1. The van der Waals surface area contributed by atoms with Gasteiger partial charge in [-0.2, -0.15) is 0 Å². The lowest BCUT2D eigenvalue weighted by Gasteiger charge is -2.38. The minimum Gasteiger partial charge on any atom is -0.463 e. The van der Waals surface area contributed by atoms with Gasteiger partial charge in [0.2, 0.25) is 5.76 Å². The zero-order valence-electron chi connectivity index (χ0n) is 15.6. The molecule has 0 saturated carbocycles. The molecular weight excluding hydrogens is 399 g/mol. The standard InChI is InChI=1S/C21H16ClFN2O4/c1-12-7-14(23)4-6-17(12)25-11-24(15-9-19(29-10-15)21(27)28-2)20(26)16-8-13(22)3-5-18(16)25/h3-10H,11H2,1-2H3. The highest BCUT2D eigenvalue weighted by atomic mass is 35.5. The molecule has 2 heterocycles.